The number of hydrogen-bond acceptors (Lipinski definition) is 7. The van der Waals surface area contributed by atoms with Crippen molar-refractivity contribution in [1.29, 1.82) is 0 Å². The molecular weight excluding hydrogens is 506 g/mol. The van der Waals surface area contributed by atoms with Crippen LogP contribution in [-0.2, 0) is 9.53 Å². The monoisotopic (exact) mass is 530 g/mol. The van der Waals surface area contributed by atoms with Crippen molar-refractivity contribution in [1.82, 2.24) is 4.57 Å². The summed E-state index contributed by atoms with van der Waals surface area (Å²) in [6.45, 7) is 3.61. The quantitative estimate of drug-likeness (QED) is 0.300. The normalized spacial score (nSPS) is 15.2. The molecule has 10 heteroatoms. The van der Waals surface area contributed by atoms with Crippen LogP contribution in [0.4, 0.5) is 5.69 Å². The average molecular weight is 531 g/mol. The molecule has 0 bridgehead atoms. The van der Waals surface area contributed by atoms with Crippen LogP contribution in [0, 0.1) is 4.91 Å². The van der Waals surface area contributed by atoms with Crippen LogP contribution in [-0.4, -0.2) is 34.4 Å². The average Bonchev–Trinajstić information content (AvgIpc) is 3.21. The highest BCUT2D eigenvalue weighted by molar-refractivity contribution is 7.07. The number of nitrogens with zero attached hydrogens (tertiary/aromatic N) is 3. The van der Waals surface area contributed by atoms with E-state index in [0.717, 1.165) is 10.8 Å². The van der Waals surface area contributed by atoms with Crippen molar-refractivity contribution in [3.8, 4) is 5.75 Å². The summed E-state index contributed by atoms with van der Waals surface area (Å²) in [5.41, 5.74) is 1.56. The molecule has 0 fully saturated rings. The van der Waals surface area contributed by atoms with Crippen LogP contribution in [0.15, 0.2) is 81.7 Å². The Kier molecular flexibility index (Phi) is 6.64. The molecule has 5 rings (SSSR count). The molecule has 0 radical (unpaired) electrons. The number of hydrogen-bond donors (Lipinski definition) is 1. The summed E-state index contributed by atoms with van der Waals surface area (Å²) in [5.74, 6) is -0.0415. The second-order valence-corrected chi connectivity index (χ2v) is 9.58. The van der Waals surface area contributed by atoms with Crippen LogP contribution >= 0.6 is 11.3 Å². The highest BCUT2D eigenvalue weighted by Gasteiger charge is 2.36. The highest BCUT2D eigenvalue weighted by atomic mass is 32.1. The van der Waals surface area contributed by atoms with E-state index in [0.29, 0.717) is 31.9 Å². The van der Waals surface area contributed by atoms with Crippen LogP contribution in [0.3, 0.4) is 0 Å². The Morgan fingerprint density at radius 1 is 1.18 bits per heavy atom. The molecule has 1 unspecified atom stereocenters. The van der Waals surface area contributed by atoms with Crippen molar-refractivity contribution >= 4 is 39.8 Å². The lowest BCUT2D eigenvalue weighted by Gasteiger charge is -2.27. The Labute approximate surface area is 220 Å². The number of methoxy groups -OCH3 is 1. The standard InChI is InChI=1S/C28H24N3O6S/c1-4-37-27(33)23-16(2)29-28-30(25(23)24-20-11-6-5-9-18(20)12-13-21(24)36-3)26(32)22(38-28)15-17-8-7-10-19(14-17)31(34)35/h5-15,25H,4H2,1-3H3,(H,34,35)/q+1/b22-15-. The predicted octanol–water partition coefficient (Wildman–Crippen LogP) is 3.76. The molecule has 0 aliphatic carbocycles. The third kappa shape index (κ3) is 4.28. The second-order valence-electron chi connectivity index (χ2n) is 8.57. The minimum atomic E-state index is -0.852. The lowest BCUT2D eigenvalue weighted by Crippen LogP contribution is -2.40. The fraction of sp³-hybridized carbons (Fsp3) is 0.179. The zero-order chi connectivity index (χ0) is 27.0. The molecule has 1 aromatic heterocycles. The molecule has 0 saturated heterocycles. The maximum atomic E-state index is 13.9. The maximum absolute atomic E-state index is 13.9. The molecule has 1 aliphatic rings. The number of carbonyl (C=O) groups is 1. The van der Waals surface area contributed by atoms with Gasteiger partial charge in [0.1, 0.15) is 11.8 Å². The van der Waals surface area contributed by atoms with Crippen molar-refractivity contribution in [2.24, 2.45) is 4.99 Å². The molecule has 9 nitrogen and oxygen atoms in total. The van der Waals surface area contributed by atoms with Gasteiger partial charge in [-0.1, -0.05) is 53.8 Å². The minimum absolute atomic E-state index is 0.0327. The van der Waals surface area contributed by atoms with Gasteiger partial charge in [0.25, 0.3) is 10.5 Å². The number of aromatic nitrogens is 1. The van der Waals surface area contributed by atoms with Crippen LogP contribution in [0.25, 0.3) is 16.8 Å². The molecule has 3 aromatic carbocycles. The molecule has 4 aromatic rings. The van der Waals surface area contributed by atoms with Gasteiger partial charge in [-0.25, -0.2) is 15.0 Å². The first kappa shape index (κ1) is 25.1. The van der Waals surface area contributed by atoms with E-state index in [2.05, 4.69) is 4.99 Å². The summed E-state index contributed by atoms with van der Waals surface area (Å²) in [5, 5.41) is 11.0. The summed E-state index contributed by atoms with van der Waals surface area (Å²) in [7, 11) is 1.55. The van der Waals surface area contributed by atoms with E-state index in [4.69, 9.17) is 9.47 Å². The number of benzene rings is 3. The number of carbonyl (C=O) groups excluding carboxylic acids is 1. The number of thiazole rings is 1. The highest BCUT2D eigenvalue weighted by Crippen LogP contribution is 2.40. The van der Waals surface area contributed by atoms with Crippen LogP contribution in [0.5, 0.6) is 5.75 Å². The lowest BCUT2D eigenvalue weighted by atomic mass is 9.90. The molecule has 38 heavy (non-hydrogen) atoms. The van der Waals surface area contributed by atoms with Crippen LogP contribution < -0.4 is 19.6 Å². The molecular formula is C28H24N3O6S+. The first-order valence-corrected chi connectivity index (χ1v) is 12.7. The first-order chi connectivity index (χ1) is 18.3. The molecule has 0 spiro atoms. The molecule has 2 heterocycles. The van der Waals surface area contributed by atoms with Gasteiger partial charge in [-0.05, 0) is 42.3 Å². The number of rotatable bonds is 6. The number of allylic oxidation sites excluding steroid dienone is 1. The van der Waals surface area contributed by atoms with Gasteiger partial charge >= 0.3 is 11.7 Å². The number of ether oxygens (including phenoxy) is 2. The molecule has 0 saturated carbocycles. The molecule has 1 N–H and O–H groups in total. The van der Waals surface area contributed by atoms with E-state index in [-0.39, 0.29) is 28.3 Å². The van der Waals surface area contributed by atoms with Crippen molar-refractivity contribution in [2.45, 2.75) is 19.9 Å². The summed E-state index contributed by atoms with van der Waals surface area (Å²) >= 11 is 1.17. The smallest absolute Gasteiger partial charge is 0.338 e. The van der Waals surface area contributed by atoms with Gasteiger partial charge in [-0.15, -0.1) is 0 Å². The number of esters is 1. The Bertz CT molecular complexity index is 1820. The fourth-order valence-corrected chi connectivity index (χ4v) is 5.73. The Morgan fingerprint density at radius 2 is 1.97 bits per heavy atom. The van der Waals surface area contributed by atoms with Crippen molar-refractivity contribution < 1.29 is 24.4 Å². The fourth-order valence-electron chi connectivity index (χ4n) is 4.69. The lowest BCUT2D eigenvalue weighted by molar-refractivity contribution is -0.729. The van der Waals surface area contributed by atoms with Gasteiger partial charge in [-0.3, -0.25) is 9.36 Å². The summed E-state index contributed by atoms with van der Waals surface area (Å²) < 4.78 is 13.0. The van der Waals surface area contributed by atoms with E-state index in [9.17, 15) is 19.7 Å². The third-order valence-corrected chi connectivity index (χ3v) is 7.31. The van der Waals surface area contributed by atoms with Crippen molar-refractivity contribution in [3.05, 3.63) is 108 Å². The summed E-state index contributed by atoms with van der Waals surface area (Å²) in [6, 6.07) is 16.8. The van der Waals surface area contributed by atoms with Gasteiger partial charge in [0.05, 0.1) is 34.4 Å². The molecule has 1 atom stereocenters. The number of fused-ring (bicyclic) bond motifs is 2. The van der Waals surface area contributed by atoms with E-state index < -0.39 is 12.0 Å². The van der Waals surface area contributed by atoms with Gasteiger partial charge < -0.3 is 9.47 Å². The Morgan fingerprint density at radius 3 is 2.71 bits per heavy atom. The molecule has 0 amide bonds. The third-order valence-electron chi connectivity index (χ3n) is 6.33. The van der Waals surface area contributed by atoms with E-state index >= 15 is 0 Å². The maximum Gasteiger partial charge on any atom is 0.338 e. The van der Waals surface area contributed by atoms with Gasteiger partial charge in [0, 0.05) is 17.7 Å². The van der Waals surface area contributed by atoms with E-state index in [1.165, 1.54) is 28.0 Å². The predicted molar refractivity (Wildman–Crippen MR) is 142 cm³/mol. The zero-order valence-electron chi connectivity index (χ0n) is 20.9. The molecule has 1 aliphatic heterocycles. The van der Waals surface area contributed by atoms with Crippen LogP contribution in [0.1, 0.15) is 31.0 Å². The largest absolute Gasteiger partial charge is 0.496 e. The minimum Gasteiger partial charge on any atom is -0.496 e. The Balaban J connectivity index is 1.83. The van der Waals surface area contributed by atoms with Gasteiger partial charge in [0.15, 0.2) is 4.80 Å². The Hall–Kier alpha value is -4.57. The van der Waals surface area contributed by atoms with Crippen molar-refractivity contribution in [2.75, 3.05) is 13.7 Å². The van der Waals surface area contributed by atoms with Crippen molar-refractivity contribution in [3.63, 3.8) is 0 Å². The first-order valence-electron chi connectivity index (χ1n) is 11.9. The van der Waals surface area contributed by atoms with E-state index in [1.54, 1.807) is 39.2 Å². The second kappa shape index (κ2) is 10.1. The summed E-state index contributed by atoms with van der Waals surface area (Å²) in [4.78, 5) is 43.4. The molecule has 192 valence electrons. The summed E-state index contributed by atoms with van der Waals surface area (Å²) in [6.07, 6.45) is 1.62. The van der Waals surface area contributed by atoms with Gasteiger partial charge in [0.2, 0.25) is 0 Å². The van der Waals surface area contributed by atoms with Gasteiger partial charge in [-0.2, -0.15) is 0 Å². The van der Waals surface area contributed by atoms with E-state index in [1.807, 2.05) is 36.4 Å². The van der Waals surface area contributed by atoms with Crippen LogP contribution in [0.2, 0.25) is 0 Å². The topological polar surface area (TPSA) is 110 Å². The SMILES string of the molecule is CCOC(=O)C1=C(C)N=c2s/c(=C\c3cccc([N+](=O)O)c3)c(=O)n2C1c1c(OC)ccc2ccccc12. The zero-order valence-corrected chi connectivity index (χ0v) is 21.7.